The summed E-state index contributed by atoms with van der Waals surface area (Å²) in [5.74, 6) is 0.100. The SMILES string of the molecule is COCc1[nH]nc2c1[C@H](c1c[nH]c3ccccc13)C(C#N)=C(N)O2. The monoisotopic (exact) mass is 321 g/mol. The number of nitrogens with zero attached hydrogens (tertiary/aromatic N) is 2. The Bertz CT molecular complexity index is 992. The Balaban J connectivity index is 1.98. The van der Waals surface area contributed by atoms with Crippen LogP contribution in [0.3, 0.4) is 0 Å². The number of rotatable bonds is 3. The van der Waals surface area contributed by atoms with Crippen LogP contribution in [0.1, 0.15) is 22.7 Å². The molecule has 1 aliphatic heterocycles. The van der Waals surface area contributed by atoms with E-state index in [1.165, 1.54) is 0 Å². The van der Waals surface area contributed by atoms with E-state index in [1.807, 2.05) is 30.5 Å². The Labute approximate surface area is 137 Å². The second-order valence-electron chi connectivity index (χ2n) is 5.57. The van der Waals surface area contributed by atoms with E-state index in [0.29, 0.717) is 18.1 Å². The summed E-state index contributed by atoms with van der Waals surface area (Å²) >= 11 is 0. The molecular weight excluding hydrogens is 306 g/mol. The summed E-state index contributed by atoms with van der Waals surface area (Å²) in [4.78, 5) is 3.24. The molecule has 7 heteroatoms. The van der Waals surface area contributed by atoms with Crippen molar-refractivity contribution in [2.75, 3.05) is 7.11 Å². The number of H-pyrrole nitrogens is 2. The van der Waals surface area contributed by atoms with Crippen LogP contribution in [0.5, 0.6) is 5.88 Å². The number of benzene rings is 1. The molecule has 4 rings (SSSR count). The van der Waals surface area contributed by atoms with Crippen molar-refractivity contribution in [2.24, 2.45) is 5.73 Å². The second-order valence-corrected chi connectivity index (χ2v) is 5.57. The van der Waals surface area contributed by atoms with Gasteiger partial charge in [0.25, 0.3) is 0 Å². The highest BCUT2D eigenvalue weighted by atomic mass is 16.5. The number of nitriles is 1. The van der Waals surface area contributed by atoms with E-state index < -0.39 is 0 Å². The molecule has 2 aromatic heterocycles. The average Bonchev–Trinajstić information content (AvgIpc) is 3.18. The molecular formula is C17H15N5O2. The van der Waals surface area contributed by atoms with E-state index in [4.69, 9.17) is 15.2 Å². The first-order chi connectivity index (χ1) is 11.7. The van der Waals surface area contributed by atoms with Crippen LogP contribution in [-0.2, 0) is 11.3 Å². The normalized spacial score (nSPS) is 16.8. The minimum Gasteiger partial charge on any atom is -0.420 e. The lowest BCUT2D eigenvalue weighted by Gasteiger charge is -2.23. The summed E-state index contributed by atoms with van der Waals surface area (Å²) in [6, 6.07) is 10.1. The molecule has 0 unspecified atom stereocenters. The van der Waals surface area contributed by atoms with Gasteiger partial charge >= 0.3 is 0 Å². The van der Waals surface area contributed by atoms with Gasteiger partial charge in [-0.25, -0.2) is 0 Å². The predicted octanol–water partition coefficient (Wildman–Crippen LogP) is 2.26. The fourth-order valence-corrected chi connectivity index (χ4v) is 3.21. The van der Waals surface area contributed by atoms with Crippen LogP contribution in [0.4, 0.5) is 0 Å². The summed E-state index contributed by atoms with van der Waals surface area (Å²) in [5.41, 5.74) is 9.83. The van der Waals surface area contributed by atoms with Gasteiger partial charge in [0.2, 0.25) is 11.8 Å². The van der Waals surface area contributed by atoms with Gasteiger partial charge in [0, 0.05) is 24.2 Å². The molecule has 1 aliphatic rings. The molecule has 0 aliphatic carbocycles. The third-order valence-electron chi connectivity index (χ3n) is 4.24. The van der Waals surface area contributed by atoms with E-state index in [1.54, 1.807) is 7.11 Å². The minimum atomic E-state index is -0.362. The molecule has 3 aromatic rings. The highest BCUT2D eigenvalue weighted by molar-refractivity contribution is 5.85. The highest BCUT2D eigenvalue weighted by Crippen LogP contribution is 2.44. The van der Waals surface area contributed by atoms with Crippen LogP contribution in [0, 0.1) is 11.3 Å². The van der Waals surface area contributed by atoms with Crippen LogP contribution in [0.15, 0.2) is 41.9 Å². The van der Waals surface area contributed by atoms with Crippen LogP contribution in [0.2, 0.25) is 0 Å². The number of allylic oxidation sites excluding steroid dienone is 1. The van der Waals surface area contributed by atoms with Crippen molar-refractivity contribution in [3.8, 4) is 11.9 Å². The summed E-state index contributed by atoms with van der Waals surface area (Å²) in [7, 11) is 1.60. The van der Waals surface area contributed by atoms with Crippen molar-refractivity contribution >= 4 is 10.9 Å². The van der Waals surface area contributed by atoms with Crippen molar-refractivity contribution in [3.05, 3.63) is 58.7 Å². The van der Waals surface area contributed by atoms with E-state index in [-0.39, 0.29) is 11.8 Å². The van der Waals surface area contributed by atoms with E-state index >= 15 is 0 Å². The van der Waals surface area contributed by atoms with Crippen molar-refractivity contribution in [1.82, 2.24) is 15.2 Å². The first-order valence-corrected chi connectivity index (χ1v) is 7.44. The maximum absolute atomic E-state index is 9.65. The van der Waals surface area contributed by atoms with Crippen LogP contribution in [-0.4, -0.2) is 22.3 Å². The van der Waals surface area contributed by atoms with Gasteiger partial charge in [-0.15, -0.1) is 5.10 Å². The fourth-order valence-electron chi connectivity index (χ4n) is 3.21. The van der Waals surface area contributed by atoms with Crippen molar-refractivity contribution in [2.45, 2.75) is 12.5 Å². The number of aromatic amines is 2. The summed E-state index contributed by atoms with van der Waals surface area (Å²) in [6.45, 7) is 0.336. The van der Waals surface area contributed by atoms with Gasteiger partial charge in [-0.1, -0.05) is 18.2 Å². The number of nitrogens with two attached hydrogens (primary N) is 1. The molecule has 1 aromatic carbocycles. The van der Waals surface area contributed by atoms with Gasteiger partial charge in [-0.2, -0.15) is 5.26 Å². The highest BCUT2D eigenvalue weighted by Gasteiger charge is 2.36. The predicted molar refractivity (Wildman–Crippen MR) is 86.9 cm³/mol. The Morgan fingerprint density at radius 2 is 2.25 bits per heavy atom. The number of nitrogens with one attached hydrogen (secondary N) is 2. The third-order valence-corrected chi connectivity index (χ3v) is 4.24. The first kappa shape index (κ1) is 14.4. The minimum absolute atomic E-state index is 0.0794. The zero-order valence-corrected chi connectivity index (χ0v) is 13.0. The Hall–Kier alpha value is -3.24. The first-order valence-electron chi connectivity index (χ1n) is 7.44. The van der Waals surface area contributed by atoms with Crippen LogP contribution < -0.4 is 10.5 Å². The van der Waals surface area contributed by atoms with E-state index in [0.717, 1.165) is 27.7 Å². The zero-order valence-electron chi connectivity index (χ0n) is 13.0. The van der Waals surface area contributed by atoms with E-state index in [9.17, 15) is 5.26 Å². The number of para-hydroxylation sites is 1. The molecule has 7 nitrogen and oxygen atoms in total. The number of hydrogen-bond acceptors (Lipinski definition) is 5. The molecule has 120 valence electrons. The van der Waals surface area contributed by atoms with Crippen molar-refractivity contribution < 1.29 is 9.47 Å². The molecule has 0 bridgehead atoms. The lowest BCUT2D eigenvalue weighted by molar-refractivity contribution is 0.180. The van der Waals surface area contributed by atoms with E-state index in [2.05, 4.69) is 21.3 Å². The second kappa shape index (κ2) is 5.44. The largest absolute Gasteiger partial charge is 0.420 e. The Morgan fingerprint density at radius 3 is 3.04 bits per heavy atom. The molecule has 0 radical (unpaired) electrons. The summed E-state index contributed by atoms with van der Waals surface area (Å²) in [5, 5.41) is 17.8. The van der Waals surface area contributed by atoms with Crippen LogP contribution in [0.25, 0.3) is 10.9 Å². The van der Waals surface area contributed by atoms with Gasteiger partial charge in [0.15, 0.2) is 0 Å². The number of aromatic nitrogens is 3. The van der Waals surface area contributed by atoms with Gasteiger partial charge in [-0.05, 0) is 11.6 Å². The third kappa shape index (κ3) is 1.97. The maximum Gasteiger partial charge on any atom is 0.244 e. The van der Waals surface area contributed by atoms with Gasteiger partial charge in [0.05, 0.1) is 23.8 Å². The Kier molecular flexibility index (Phi) is 3.25. The smallest absolute Gasteiger partial charge is 0.244 e. The molecule has 0 fully saturated rings. The topological polar surface area (TPSA) is 113 Å². The number of fused-ring (bicyclic) bond motifs is 2. The number of methoxy groups -OCH3 is 1. The maximum atomic E-state index is 9.65. The number of hydrogen-bond donors (Lipinski definition) is 3. The van der Waals surface area contributed by atoms with Crippen LogP contribution >= 0.6 is 0 Å². The number of ether oxygens (including phenoxy) is 2. The molecule has 1 atom stereocenters. The fraction of sp³-hybridized carbons (Fsp3) is 0.176. The molecule has 0 saturated carbocycles. The van der Waals surface area contributed by atoms with Gasteiger partial charge in [-0.3, -0.25) is 5.10 Å². The average molecular weight is 321 g/mol. The van der Waals surface area contributed by atoms with Crippen molar-refractivity contribution in [3.63, 3.8) is 0 Å². The van der Waals surface area contributed by atoms with Crippen molar-refractivity contribution in [1.29, 1.82) is 5.26 Å². The quantitative estimate of drug-likeness (QED) is 0.685. The molecule has 0 saturated heterocycles. The lowest BCUT2D eigenvalue weighted by Crippen LogP contribution is -2.21. The van der Waals surface area contributed by atoms with Gasteiger partial charge < -0.3 is 20.2 Å². The summed E-state index contributed by atoms with van der Waals surface area (Å²) in [6.07, 6.45) is 1.90. The standard InChI is InChI=1S/C17H15N5O2/c1-23-8-13-15-14(10(6-18)16(19)24-17(15)22-21-13)11-7-20-12-5-3-2-4-9(11)12/h2-5,7,14,20H,8,19H2,1H3,(H,21,22)/t14-/m0/s1. The molecule has 4 N–H and O–H groups in total. The Morgan fingerprint density at radius 1 is 1.42 bits per heavy atom. The van der Waals surface area contributed by atoms with Gasteiger partial charge in [0.1, 0.15) is 11.6 Å². The molecule has 0 spiro atoms. The lowest BCUT2D eigenvalue weighted by atomic mass is 9.84. The zero-order chi connectivity index (χ0) is 16.7. The summed E-state index contributed by atoms with van der Waals surface area (Å²) < 4.78 is 10.8. The molecule has 24 heavy (non-hydrogen) atoms. The molecule has 3 heterocycles. The molecule has 0 amide bonds.